The third-order valence-corrected chi connectivity index (χ3v) is 12.0. The van der Waals surface area contributed by atoms with E-state index in [0.717, 1.165) is 33.8 Å². The summed E-state index contributed by atoms with van der Waals surface area (Å²) in [5.74, 6) is 0. The lowest BCUT2D eigenvalue weighted by Gasteiger charge is -2.26. The maximum absolute atomic E-state index is 9.57. The van der Waals surface area contributed by atoms with Gasteiger partial charge in [-0.2, -0.15) is 5.26 Å². The second kappa shape index (κ2) is 15.2. The highest BCUT2D eigenvalue weighted by Crippen LogP contribution is 2.46. The van der Waals surface area contributed by atoms with Crippen LogP contribution in [0.1, 0.15) is 5.56 Å². The van der Waals surface area contributed by atoms with Gasteiger partial charge in [0.2, 0.25) is 0 Å². The Balaban J connectivity index is 1.07. The average Bonchev–Trinajstić information content (AvgIpc) is 3.34. The Labute approximate surface area is 355 Å². The quantitative estimate of drug-likeness (QED) is 0.151. The van der Waals surface area contributed by atoms with Crippen LogP contribution < -0.4 is 4.90 Å². The van der Waals surface area contributed by atoms with Crippen LogP contribution in [-0.2, 0) is 0 Å². The van der Waals surface area contributed by atoms with Crippen LogP contribution in [0, 0.1) is 11.3 Å². The molecule has 11 aromatic carbocycles. The predicted octanol–water partition coefficient (Wildman–Crippen LogP) is 16.3. The summed E-state index contributed by atoms with van der Waals surface area (Å²) in [6.45, 7) is 0. The van der Waals surface area contributed by atoms with Crippen LogP contribution in [0.5, 0.6) is 0 Å². The molecule has 0 bridgehead atoms. The molecule has 0 amide bonds. The third kappa shape index (κ3) is 6.56. The van der Waals surface area contributed by atoms with Crippen molar-refractivity contribution in [3.05, 3.63) is 236 Å². The molecule has 11 rings (SSSR count). The smallest absolute Gasteiger partial charge is 0.0991 e. The third-order valence-electron chi connectivity index (χ3n) is 12.0. The first-order valence-electron chi connectivity index (χ1n) is 20.7. The number of hydrogen-bond acceptors (Lipinski definition) is 2. The van der Waals surface area contributed by atoms with Crippen molar-refractivity contribution in [3.8, 4) is 50.6 Å². The van der Waals surface area contributed by atoms with Gasteiger partial charge >= 0.3 is 0 Å². The summed E-state index contributed by atoms with van der Waals surface area (Å²) in [5.41, 5.74) is 13.2. The fourth-order valence-electron chi connectivity index (χ4n) is 9.04. The highest BCUT2D eigenvalue weighted by Gasteiger charge is 2.19. The van der Waals surface area contributed by atoms with Gasteiger partial charge in [0, 0.05) is 17.1 Å². The molecule has 2 heteroatoms. The maximum Gasteiger partial charge on any atom is 0.0991 e. The number of anilines is 3. The van der Waals surface area contributed by atoms with Crippen molar-refractivity contribution >= 4 is 60.2 Å². The van der Waals surface area contributed by atoms with Crippen molar-refractivity contribution in [1.29, 1.82) is 5.26 Å². The molecule has 284 valence electrons. The van der Waals surface area contributed by atoms with E-state index in [2.05, 4.69) is 211 Å². The number of hydrogen-bond donors (Lipinski definition) is 0. The van der Waals surface area contributed by atoms with Gasteiger partial charge in [0.25, 0.3) is 0 Å². The highest BCUT2D eigenvalue weighted by atomic mass is 15.1. The van der Waals surface area contributed by atoms with Gasteiger partial charge < -0.3 is 4.90 Å². The lowest BCUT2D eigenvalue weighted by atomic mass is 9.84. The van der Waals surface area contributed by atoms with Gasteiger partial charge in [0.05, 0.1) is 11.6 Å². The molecule has 0 saturated carbocycles. The predicted molar refractivity (Wildman–Crippen MR) is 258 cm³/mol. The van der Waals surface area contributed by atoms with Crippen LogP contribution >= 0.6 is 0 Å². The molecule has 61 heavy (non-hydrogen) atoms. The number of benzene rings is 11. The Morgan fingerprint density at radius 3 is 1.21 bits per heavy atom. The zero-order valence-corrected chi connectivity index (χ0v) is 33.3. The molecule has 0 N–H and O–H groups in total. The normalized spacial score (nSPS) is 11.3. The van der Waals surface area contributed by atoms with Gasteiger partial charge in [-0.1, -0.05) is 164 Å². The monoisotopic (exact) mass is 774 g/mol. The van der Waals surface area contributed by atoms with Gasteiger partial charge in [-0.25, -0.2) is 0 Å². The van der Waals surface area contributed by atoms with E-state index in [9.17, 15) is 5.26 Å². The Bertz CT molecular complexity index is 3450. The van der Waals surface area contributed by atoms with E-state index in [1.807, 2.05) is 30.3 Å². The first kappa shape index (κ1) is 35.9. The molecule has 0 spiro atoms. The highest BCUT2D eigenvalue weighted by molar-refractivity contribution is 6.22. The van der Waals surface area contributed by atoms with Crippen LogP contribution in [-0.4, -0.2) is 0 Å². The molecule has 11 aromatic rings. The molecule has 0 aliphatic carbocycles. The van der Waals surface area contributed by atoms with Crippen LogP contribution in [0.3, 0.4) is 0 Å². The van der Waals surface area contributed by atoms with E-state index in [-0.39, 0.29) is 0 Å². The molecule has 0 heterocycles. The summed E-state index contributed by atoms with van der Waals surface area (Å²) in [7, 11) is 0. The van der Waals surface area contributed by atoms with Crippen molar-refractivity contribution in [2.24, 2.45) is 0 Å². The zero-order valence-electron chi connectivity index (χ0n) is 33.3. The number of nitriles is 1. The molecule has 0 aliphatic rings. The Kier molecular flexibility index (Phi) is 8.92. The molecular weight excluding hydrogens is 737 g/mol. The molecule has 0 atom stereocenters. The van der Waals surface area contributed by atoms with Crippen molar-refractivity contribution < 1.29 is 0 Å². The molecule has 0 aromatic heterocycles. The maximum atomic E-state index is 9.57. The molecule has 0 saturated heterocycles. The lowest BCUT2D eigenvalue weighted by molar-refractivity contribution is 1.28. The van der Waals surface area contributed by atoms with Gasteiger partial charge in [0.1, 0.15) is 0 Å². The minimum Gasteiger partial charge on any atom is -0.311 e. The molecule has 0 unspecified atom stereocenters. The zero-order chi connectivity index (χ0) is 40.7. The summed E-state index contributed by atoms with van der Waals surface area (Å²) in [4.78, 5) is 2.25. The first-order chi connectivity index (χ1) is 30.2. The van der Waals surface area contributed by atoms with E-state index in [0.29, 0.717) is 5.56 Å². The summed E-state index contributed by atoms with van der Waals surface area (Å²) in [6, 6.07) is 85.0. The number of rotatable bonds is 7. The summed E-state index contributed by atoms with van der Waals surface area (Å²) < 4.78 is 0. The first-order valence-corrected chi connectivity index (χ1v) is 20.7. The molecule has 0 fully saturated rings. The number of nitrogens with zero attached hydrogens (tertiary/aromatic N) is 2. The van der Waals surface area contributed by atoms with Gasteiger partial charge in [-0.3, -0.25) is 0 Å². The van der Waals surface area contributed by atoms with Crippen molar-refractivity contribution in [2.75, 3.05) is 4.90 Å². The lowest BCUT2D eigenvalue weighted by Crippen LogP contribution is -2.09. The van der Waals surface area contributed by atoms with Crippen molar-refractivity contribution in [3.63, 3.8) is 0 Å². The van der Waals surface area contributed by atoms with Crippen LogP contribution in [0.4, 0.5) is 17.1 Å². The summed E-state index contributed by atoms with van der Waals surface area (Å²) >= 11 is 0. The Morgan fingerprint density at radius 1 is 0.279 bits per heavy atom. The van der Waals surface area contributed by atoms with Crippen LogP contribution in [0.2, 0.25) is 0 Å². The number of fused-ring (bicyclic) bond motifs is 4. The standard InChI is InChI=1S/C59H38N2/c60-39-40-18-29-51(30-19-40)61(52-31-24-44(25-32-52)41-10-2-1-3-11-41)53-33-26-45(27-34-53)48-28-35-56-57(38-48)59(50-23-21-43-13-5-7-15-47(43)37-50)55-17-9-8-16-54(55)58(56)49-22-20-42-12-4-6-14-46(42)36-49/h1-38H. The summed E-state index contributed by atoms with van der Waals surface area (Å²) in [6.07, 6.45) is 0. The van der Waals surface area contributed by atoms with Crippen LogP contribution in [0.15, 0.2) is 231 Å². The minimum absolute atomic E-state index is 0.634. The SMILES string of the molecule is N#Cc1ccc(N(c2ccc(-c3ccccc3)cc2)c2ccc(-c3ccc4c(-c5ccc6ccccc6c5)c5ccccc5c(-c5ccc6ccccc6c5)c4c3)cc2)cc1. The van der Waals surface area contributed by atoms with Gasteiger partial charge in [0.15, 0.2) is 0 Å². The summed E-state index contributed by atoms with van der Waals surface area (Å²) in [5, 5.41) is 19.4. The molecule has 2 nitrogen and oxygen atoms in total. The van der Waals surface area contributed by atoms with Crippen molar-refractivity contribution in [2.45, 2.75) is 0 Å². The van der Waals surface area contributed by atoms with E-state index >= 15 is 0 Å². The largest absolute Gasteiger partial charge is 0.311 e. The second-order valence-corrected chi connectivity index (χ2v) is 15.6. The Morgan fingerprint density at radius 2 is 0.672 bits per heavy atom. The molecular formula is C59H38N2. The Hall–Kier alpha value is -8.25. The van der Waals surface area contributed by atoms with E-state index < -0.39 is 0 Å². The van der Waals surface area contributed by atoms with Crippen molar-refractivity contribution in [1.82, 2.24) is 0 Å². The molecule has 0 radical (unpaired) electrons. The van der Waals surface area contributed by atoms with E-state index in [1.54, 1.807) is 0 Å². The fraction of sp³-hybridized carbons (Fsp3) is 0. The van der Waals surface area contributed by atoms with E-state index in [4.69, 9.17) is 0 Å². The average molecular weight is 775 g/mol. The topological polar surface area (TPSA) is 27.0 Å². The minimum atomic E-state index is 0.634. The van der Waals surface area contributed by atoms with Gasteiger partial charge in [-0.15, -0.1) is 0 Å². The van der Waals surface area contributed by atoms with Crippen LogP contribution in [0.25, 0.3) is 87.6 Å². The van der Waals surface area contributed by atoms with E-state index in [1.165, 1.54) is 70.9 Å². The second-order valence-electron chi connectivity index (χ2n) is 15.6. The van der Waals surface area contributed by atoms with Gasteiger partial charge in [-0.05, 0) is 154 Å². The molecule has 0 aliphatic heterocycles. The fourth-order valence-corrected chi connectivity index (χ4v) is 9.04.